The highest BCUT2D eigenvalue weighted by Gasteiger charge is 2.14. The van der Waals surface area contributed by atoms with Gasteiger partial charge in [0.05, 0.1) is 11.3 Å². The molecular formula is C21H19ClN4OS. The summed E-state index contributed by atoms with van der Waals surface area (Å²) < 4.78 is 1.97. The van der Waals surface area contributed by atoms with Crippen LogP contribution < -0.4 is 5.32 Å². The minimum Gasteiger partial charge on any atom is -0.325 e. The van der Waals surface area contributed by atoms with E-state index in [1.807, 2.05) is 59.9 Å². The fraction of sp³-hybridized carbons (Fsp3) is 0.190. The van der Waals surface area contributed by atoms with Crippen molar-refractivity contribution in [3.8, 4) is 0 Å². The van der Waals surface area contributed by atoms with Gasteiger partial charge in [0, 0.05) is 16.1 Å². The molecule has 142 valence electrons. The van der Waals surface area contributed by atoms with E-state index in [2.05, 4.69) is 22.4 Å². The summed E-state index contributed by atoms with van der Waals surface area (Å²) in [6, 6.07) is 15.6. The number of nitrogens with zero attached hydrogens (tertiary/aromatic N) is 3. The van der Waals surface area contributed by atoms with Gasteiger partial charge in [-0.05, 0) is 54.8 Å². The quantitative estimate of drug-likeness (QED) is 0.463. The normalized spacial score (nSPS) is 11.2. The van der Waals surface area contributed by atoms with Gasteiger partial charge in [0.2, 0.25) is 5.91 Å². The molecule has 0 spiro atoms. The molecule has 0 aliphatic rings. The fourth-order valence-corrected chi connectivity index (χ4v) is 4.18. The van der Waals surface area contributed by atoms with Crippen molar-refractivity contribution in [2.45, 2.75) is 25.4 Å². The zero-order chi connectivity index (χ0) is 19.7. The number of hydrogen-bond donors (Lipinski definition) is 1. The number of aryl methyl sites for hydroxylation is 2. The highest BCUT2D eigenvalue weighted by molar-refractivity contribution is 7.99. The molecule has 0 saturated carbocycles. The first kappa shape index (κ1) is 18.8. The first-order valence-corrected chi connectivity index (χ1v) is 10.4. The van der Waals surface area contributed by atoms with Crippen LogP contribution in [0.4, 0.5) is 5.69 Å². The van der Waals surface area contributed by atoms with Gasteiger partial charge < -0.3 is 5.32 Å². The van der Waals surface area contributed by atoms with Gasteiger partial charge in [-0.15, -0.1) is 10.2 Å². The molecule has 0 aliphatic carbocycles. The summed E-state index contributed by atoms with van der Waals surface area (Å²) in [5, 5.41) is 14.0. The number of carbonyl (C=O) groups is 1. The Hall–Kier alpha value is -2.57. The molecule has 0 unspecified atom stereocenters. The van der Waals surface area contributed by atoms with Gasteiger partial charge in [0.1, 0.15) is 0 Å². The Bertz CT molecular complexity index is 1190. The number of halogens is 1. The summed E-state index contributed by atoms with van der Waals surface area (Å²) in [6.45, 7) is 4.10. The van der Waals surface area contributed by atoms with Crippen LogP contribution in [0.3, 0.4) is 0 Å². The van der Waals surface area contributed by atoms with Crippen LogP contribution in [0.2, 0.25) is 5.02 Å². The van der Waals surface area contributed by atoms with Gasteiger partial charge in [-0.3, -0.25) is 9.20 Å². The molecule has 2 heterocycles. The lowest BCUT2D eigenvalue weighted by atomic mass is 10.1. The van der Waals surface area contributed by atoms with Crippen molar-refractivity contribution in [3.63, 3.8) is 0 Å². The number of fused-ring (bicyclic) bond motifs is 3. The van der Waals surface area contributed by atoms with Crippen molar-refractivity contribution in [3.05, 3.63) is 64.7 Å². The van der Waals surface area contributed by atoms with Crippen molar-refractivity contribution in [2.24, 2.45) is 0 Å². The van der Waals surface area contributed by atoms with Crippen LogP contribution in [0.5, 0.6) is 0 Å². The molecule has 0 saturated heterocycles. The number of anilines is 1. The highest BCUT2D eigenvalue weighted by Crippen LogP contribution is 2.28. The highest BCUT2D eigenvalue weighted by atomic mass is 35.5. The number of para-hydroxylation sites is 1. The largest absolute Gasteiger partial charge is 0.325 e. The predicted octanol–water partition coefficient (Wildman–Crippen LogP) is 5.14. The van der Waals surface area contributed by atoms with Crippen LogP contribution in [0.25, 0.3) is 16.6 Å². The predicted molar refractivity (Wildman–Crippen MR) is 115 cm³/mol. The average Bonchev–Trinajstić information content (AvgIpc) is 3.10. The third-order valence-corrected chi connectivity index (χ3v) is 5.80. The number of aromatic nitrogens is 3. The Kier molecular flexibility index (Phi) is 5.24. The monoisotopic (exact) mass is 410 g/mol. The topological polar surface area (TPSA) is 59.3 Å². The molecule has 4 rings (SSSR count). The number of amides is 1. The van der Waals surface area contributed by atoms with E-state index in [1.165, 1.54) is 11.8 Å². The molecule has 28 heavy (non-hydrogen) atoms. The Morgan fingerprint density at radius 2 is 2.00 bits per heavy atom. The van der Waals surface area contributed by atoms with Crippen molar-refractivity contribution in [1.82, 2.24) is 14.6 Å². The number of carbonyl (C=O) groups excluding carboxylic acids is 1. The van der Waals surface area contributed by atoms with Crippen molar-refractivity contribution < 1.29 is 4.79 Å². The molecule has 4 aromatic rings. The van der Waals surface area contributed by atoms with Crippen LogP contribution in [-0.4, -0.2) is 26.3 Å². The molecule has 2 aromatic heterocycles. The minimum atomic E-state index is -0.0675. The van der Waals surface area contributed by atoms with Gasteiger partial charge in [-0.25, -0.2) is 0 Å². The van der Waals surface area contributed by atoms with Gasteiger partial charge in [-0.2, -0.15) is 0 Å². The van der Waals surface area contributed by atoms with Gasteiger partial charge in [0.15, 0.2) is 10.8 Å². The van der Waals surface area contributed by atoms with E-state index in [0.29, 0.717) is 10.2 Å². The van der Waals surface area contributed by atoms with E-state index in [4.69, 9.17) is 11.6 Å². The van der Waals surface area contributed by atoms with Crippen LogP contribution in [0.15, 0.2) is 53.7 Å². The lowest BCUT2D eigenvalue weighted by Crippen LogP contribution is -2.15. The molecule has 7 heteroatoms. The van der Waals surface area contributed by atoms with Crippen LogP contribution in [0.1, 0.15) is 18.1 Å². The molecule has 1 amide bonds. The fourth-order valence-electron chi connectivity index (χ4n) is 3.25. The summed E-state index contributed by atoms with van der Waals surface area (Å²) in [4.78, 5) is 12.5. The van der Waals surface area contributed by atoms with Gasteiger partial charge >= 0.3 is 0 Å². The molecule has 0 aliphatic heterocycles. The summed E-state index contributed by atoms with van der Waals surface area (Å²) in [5.74, 6) is 0.184. The summed E-state index contributed by atoms with van der Waals surface area (Å²) in [7, 11) is 0. The molecule has 0 radical (unpaired) electrons. The maximum Gasteiger partial charge on any atom is 0.234 e. The van der Waals surface area contributed by atoms with E-state index < -0.39 is 0 Å². The van der Waals surface area contributed by atoms with Gasteiger partial charge in [0.25, 0.3) is 0 Å². The number of nitrogens with one attached hydrogen (secondary N) is 1. The Labute approximate surface area is 172 Å². The zero-order valence-corrected chi connectivity index (χ0v) is 17.1. The lowest BCUT2D eigenvalue weighted by Gasteiger charge is -2.10. The smallest absolute Gasteiger partial charge is 0.234 e. The van der Waals surface area contributed by atoms with Crippen LogP contribution in [-0.2, 0) is 11.2 Å². The Balaban J connectivity index is 1.59. The van der Waals surface area contributed by atoms with E-state index in [-0.39, 0.29) is 11.7 Å². The third-order valence-electron chi connectivity index (χ3n) is 4.63. The van der Waals surface area contributed by atoms with E-state index >= 15 is 0 Å². The summed E-state index contributed by atoms with van der Waals surface area (Å²) in [6.07, 6.45) is 0.867. The third kappa shape index (κ3) is 3.57. The van der Waals surface area contributed by atoms with Crippen LogP contribution >= 0.6 is 23.4 Å². The second kappa shape index (κ2) is 7.81. The molecule has 1 N–H and O–H groups in total. The van der Waals surface area contributed by atoms with Crippen molar-refractivity contribution in [2.75, 3.05) is 11.1 Å². The molecule has 0 bridgehead atoms. The number of hydrogen-bond acceptors (Lipinski definition) is 4. The maximum atomic E-state index is 12.5. The second-order valence-electron chi connectivity index (χ2n) is 6.51. The summed E-state index contributed by atoms with van der Waals surface area (Å²) in [5.41, 5.74) is 4.79. The molecule has 2 aromatic carbocycles. The average molecular weight is 411 g/mol. The van der Waals surface area contributed by atoms with E-state index in [0.717, 1.165) is 39.8 Å². The number of pyridine rings is 1. The number of rotatable bonds is 5. The lowest BCUT2D eigenvalue weighted by molar-refractivity contribution is -0.113. The Morgan fingerprint density at radius 3 is 2.82 bits per heavy atom. The van der Waals surface area contributed by atoms with E-state index in [1.54, 1.807) is 0 Å². The first-order chi connectivity index (χ1) is 13.6. The SMILES string of the molecule is CCc1ccccc1NC(=O)CSc1nnc2cc(C)c3cc(Cl)ccc3n12. The zero-order valence-electron chi connectivity index (χ0n) is 15.6. The minimum absolute atomic E-state index is 0.0675. The summed E-state index contributed by atoms with van der Waals surface area (Å²) >= 11 is 7.53. The molecule has 0 atom stereocenters. The number of thioether (sulfide) groups is 1. The maximum absolute atomic E-state index is 12.5. The first-order valence-electron chi connectivity index (χ1n) is 9.01. The van der Waals surface area contributed by atoms with Crippen molar-refractivity contribution >= 4 is 51.5 Å². The van der Waals surface area contributed by atoms with Crippen molar-refractivity contribution in [1.29, 1.82) is 0 Å². The molecular weight excluding hydrogens is 392 g/mol. The molecule has 0 fully saturated rings. The molecule has 5 nitrogen and oxygen atoms in total. The Morgan fingerprint density at radius 1 is 1.18 bits per heavy atom. The standard InChI is InChI=1S/C21H19ClN4OS/c1-3-14-6-4-5-7-17(14)23-20(27)12-28-21-25-24-19-10-13(2)16-11-15(22)8-9-18(16)26(19)21/h4-11H,3,12H2,1-2H3,(H,23,27). The second-order valence-corrected chi connectivity index (χ2v) is 7.89. The number of benzene rings is 2. The van der Waals surface area contributed by atoms with Crippen LogP contribution in [0, 0.1) is 6.92 Å². The van der Waals surface area contributed by atoms with Gasteiger partial charge in [-0.1, -0.05) is 48.5 Å². The van der Waals surface area contributed by atoms with E-state index in [9.17, 15) is 4.79 Å².